The molecule has 4 aromatic rings. The molecule has 1 aliphatic rings. The Morgan fingerprint density at radius 2 is 1.89 bits per heavy atom. The van der Waals surface area contributed by atoms with E-state index in [-0.39, 0.29) is 22.5 Å². The normalized spacial score (nSPS) is 16.3. The predicted molar refractivity (Wildman–Crippen MR) is 142 cm³/mol. The second-order valence-corrected chi connectivity index (χ2v) is 12.1. The van der Waals surface area contributed by atoms with Crippen molar-refractivity contribution in [2.24, 2.45) is 0 Å². The van der Waals surface area contributed by atoms with Gasteiger partial charge in [-0.2, -0.15) is 4.98 Å². The molecule has 198 valence electrons. The van der Waals surface area contributed by atoms with Gasteiger partial charge < -0.3 is 14.6 Å². The third kappa shape index (κ3) is 5.06. The van der Waals surface area contributed by atoms with Gasteiger partial charge in [0.15, 0.2) is 12.0 Å². The van der Waals surface area contributed by atoms with Gasteiger partial charge >= 0.3 is 6.09 Å². The zero-order valence-corrected chi connectivity index (χ0v) is 22.4. The highest BCUT2D eigenvalue weighted by molar-refractivity contribution is 7.90. The molecular formula is C27H29N5O5S. The molecule has 1 amide bonds. The largest absolute Gasteiger partial charge is 0.444 e. The Balaban J connectivity index is 1.59. The zero-order valence-electron chi connectivity index (χ0n) is 21.6. The summed E-state index contributed by atoms with van der Waals surface area (Å²) in [7, 11) is -3.97. The molecule has 1 unspecified atom stereocenters. The molecule has 1 atom stereocenters. The van der Waals surface area contributed by atoms with Gasteiger partial charge in [0.25, 0.3) is 15.9 Å². The summed E-state index contributed by atoms with van der Waals surface area (Å²) >= 11 is 0. The number of alkyl carbamates (subject to hydrolysis) is 1. The van der Waals surface area contributed by atoms with E-state index in [4.69, 9.17) is 9.26 Å². The third-order valence-electron chi connectivity index (χ3n) is 6.26. The monoisotopic (exact) mass is 535 g/mol. The fourth-order valence-corrected chi connectivity index (χ4v) is 5.90. The first-order valence-corrected chi connectivity index (χ1v) is 13.8. The lowest BCUT2D eigenvalue weighted by atomic mass is 9.88. The summed E-state index contributed by atoms with van der Waals surface area (Å²) < 4.78 is 39.3. The highest BCUT2D eigenvalue weighted by Gasteiger charge is 2.28. The number of nitrogens with zero attached hydrogens (tertiary/aromatic N) is 4. The van der Waals surface area contributed by atoms with E-state index in [1.807, 2.05) is 33.8 Å². The van der Waals surface area contributed by atoms with Crippen molar-refractivity contribution >= 4 is 32.7 Å². The van der Waals surface area contributed by atoms with E-state index in [0.717, 1.165) is 33.5 Å². The second-order valence-electron chi connectivity index (χ2n) is 10.3. The first-order chi connectivity index (χ1) is 18.0. The van der Waals surface area contributed by atoms with E-state index in [1.54, 1.807) is 30.5 Å². The van der Waals surface area contributed by atoms with Gasteiger partial charge in [-0.05, 0) is 76.3 Å². The van der Waals surface area contributed by atoms with Gasteiger partial charge in [0.05, 0.1) is 10.5 Å². The standard InChI is InChI=1S/C27H29N5O5S/c1-17-8-10-20(11-9-17)38(34,35)32-15-22(25-29-16-30-37-25)23-21(12-13-28-24(23)32)18-6-5-7-19(14-18)31-26(33)36-27(2,3)4/h6,8-13,15-16,19H,5,7,14H2,1-4H3,(H,31,33). The Labute approximate surface area is 220 Å². The fourth-order valence-electron chi connectivity index (χ4n) is 4.58. The van der Waals surface area contributed by atoms with E-state index < -0.39 is 21.7 Å². The summed E-state index contributed by atoms with van der Waals surface area (Å²) in [6.45, 7) is 7.36. The zero-order chi connectivity index (χ0) is 27.1. The van der Waals surface area contributed by atoms with Crippen LogP contribution in [0, 0.1) is 6.92 Å². The quantitative estimate of drug-likeness (QED) is 0.374. The molecule has 0 radical (unpaired) electrons. The lowest BCUT2D eigenvalue weighted by molar-refractivity contribution is 0.0502. The summed E-state index contributed by atoms with van der Waals surface area (Å²) in [5.41, 5.74) is 2.80. The van der Waals surface area contributed by atoms with E-state index >= 15 is 0 Å². The summed E-state index contributed by atoms with van der Waals surface area (Å²) in [5.74, 6) is 0.182. The summed E-state index contributed by atoms with van der Waals surface area (Å²) in [4.78, 5) is 21.2. The van der Waals surface area contributed by atoms with Crippen molar-refractivity contribution in [1.29, 1.82) is 0 Å². The minimum atomic E-state index is -3.97. The molecule has 0 aliphatic heterocycles. The molecular weight excluding hydrogens is 506 g/mol. The molecule has 0 saturated heterocycles. The van der Waals surface area contributed by atoms with Crippen molar-refractivity contribution in [3.8, 4) is 11.5 Å². The van der Waals surface area contributed by atoms with Crippen LogP contribution in [0.4, 0.5) is 4.79 Å². The van der Waals surface area contributed by atoms with Crippen LogP contribution in [0.25, 0.3) is 28.1 Å². The number of carbonyl (C=O) groups is 1. The number of carbonyl (C=O) groups excluding carboxylic acids is 1. The maximum atomic E-state index is 13.7. The summed E-state index contributed by atoms with van der Waals surface area (Å²) in [6.07, 6.45) is 8.00. The smallest absolute Gasteiger partial charge is 0.407 e. The van der Waals surface area contributed by atoms with Crippen molar-refractivity contribution in [2.75, 3.05) is 0 Å². The topological polar surface area (TPSA) is 129 Å². The molecule has 11 heteroatoms. The average Bonchev–Trinajstić information content (AvgIpc) is 3.51. The van der Waals surface area contributed by atoms with Crippen LogP contribution >= 0.6 is 0 Å². The van der Waals surface area contributed by atoms with Gasteiger partial charge in [-0.3, -0.25) is 0 Å². The molecule has 1 aromatic carbocycles. The van der Waals surface area contributed by atoms with Crippen LogP contribution in [-0.2, 0) is 14.8 Å². The average molecular weight is 536 g/mol. The molecule has 5 rings (SSSR count). The summed E-state index contributed by atoms with van der Waals surface area (Å²) in [6, 6.07) is 8.35. The molecule has 0 saturated carbocycles. The number of hydrogen-bond acceptors (Lipinski definition) is 8. The number of ether oxygens (including phenoxy) is 1. The number of aryl methyl sites for hydroxylation is 1. The number of allylic oxidation sites excluding steroid dienone is 1. The van der Waals surface area contributed by atoms with Crippen molar-refractivity contribution in [3.05, 3.63) is 66.3 Å². The first-order valence-electron chi connectivity index (χ1n) is 12.3. The Hall–Kier alpha value is -3.99. The van der Waals surface area contributed by atoms with Crippen molar-refractivity contribution < 1.29 is 22.5 Å². The molecule has 0 spiro atoms. The SMILES string of the molecule is Cc1ccc(S(=O)(=O)n2cc(-c3ncno3)c3c(C4=CCCC(NC(=O)OC(C)(C)C)C4)ccnc32)cc1. The number of hydrogen-bond donors (Lipinski definition) is 1. The second kappa shape index (κ2) is 9.71. The minimum absolute atomic E-state index is 0.140. The Morgan fingerprint density at radius 3 is 2.58 bits per heavy atom. The van der Waals surface area contributed by atoms with E-state index in [2.05, 4.69) is 26.5 Å². The van der Waals surface area contributed by atoms with Crippen molar-refractivity contribution in [3.63, 3.8) is 0 Å². The van der Waals surface area contributed by atoms with Crippen molar-refractivity contribution in [2.45, 2.75) is 63.5 Å². The Bertz CT molecular complexity index is 1610. The molecule has 1 N–H and O–H groups in total. The maximum Gasteiger partial charge on any atom is 0.407 e. The molecule has 1 aliphatic carbocycles. The molecule has 3 heterocycles. The van der Waals surface area contributed by atoms with Crippen LogP contribution in [-0.4, -0.2) is 45.3 Å². The highest BCUT2D eigenvalue weighted by atomic mass is 32.2. The molecule has 10 nitrogen and oxygen atoms in total. The van der Waals surface area contributed by atoms with Gasteiger partial charge in [0, 0.05) is 23.8 Å². The lowest BCUT2D eigenvalue weighted by Crippen LogP contribution is -2.39. The number of amides is 1. The molecule has 3 aromatic heterocycles. The van der Waals surface area contributed by atoms with Gasteiger partial charge in [-0.25, -0.2) is 22.2 Å². The van der Waals surface area contributed by atoms with E-state index in [1.165, 1.54) is 12.5 Å². The summed E-state index contributed by atoms with van der Waals surface area (Å²) in [5, 5.41) is 7.26. The van der Waals surface area contributed by atoms with Crippen LogP contribution in [0.3, 0.4) is 0 Å². The molecule has 0 bridgehead atoms. The van der Waals surface area contributed by atoms with Crippen LogP contribution in [0.1, 0.15) is 51.2 Å². The highest BCUT2D eigenvalue weighted by Crippen LogP contribution is 2.38. The number of aromatic nitrogens is 4. The predicted octanol–water partition coefficient (Wildman–Crippen LogP) is 5.09. The van der Waals surface area contributed by atoms with Crippen LogP contribution in [0.15, 0.2) is 64.5 Å². The van der Waals surface area contributed by atoms with Crippen LogP contribution in [0.5, 0.6) is 0 Å². The lowest BCUT2D eigenvalue weighted by Gasteiger charge is -2.26. The molecule has 38 heavy (non-hydrogen) atoms. The Morgan fingerprint density at radius 1 is 1.13 bits per heavy atom. The van der Waals surface area contributed by atoms with E-state index in [0.29, 0.717) is 17.4 Å². The van der Waals surface area contributed by atoms with Gasteiger partial charge in [-0.15, -0.1) is 0 Å². The maximum absolute atomic E-state index is 13.7. The van der Waals surface area contributed by atoms with Gasteiger partial charge in [0.2, 0.25) is 0 Å². The van der Waals surface area contributed by atoms with Gasteiger partial charge in [0.1, 0.15) is 5.60 Å². The third-order valence-corrected chi connectivity index (χ3v) is 7.93. The minimum Gasteiger partial charge on any atom is -0.444 e. The van der Waals surface area contributed by atoms with E-state index in [9.17, 15) is 13.2 Å². The Kier molecular flexibility index (Phi) is 6.56. The molecule has 0 fully saturated rings. The van der Waals surface area contributed by atoms with Crippen LogP contribution in [0.2, 0.25) is 0 Å². The van der Waals surface area contributed by atoms with Gasteiger partial charge in [-0.1, -0.05) is 28.9 Å². The fraction of sp³-hybridized carbons (Fsp3) is 0.333. The number of pyridine rings is 1. The van der Waals surface area contributed by atoms with Crippen LogP contribution < -0.4 is 5.32 Å². The number of fused-ring (bicyclic) bond motifs is 1. The number of nitrogens with one attached hydrogen (secondary N) is 1. The number of benzene rings is 1. The van der Waals surface area contributed by atoms with Crippen molar-refractivity contribution in [1.82, 2.24) is 24.4 Å². The first kappa shape index (κ1) is 25.7. The number of rotatable bonds is 5.